The number of hydrogen-bond acceptors (Lipinski definition) is 3. The van der Waals surface area contributed by atoms with Gasteiger partial charge >= 0.3 is 0 Å². The third-order valence-electron chi connectivity index (χ3n) is 3.86. The number of benzene rings is 1. The second-order valence-electron chi connectivity index (χ2n) is 5.64. The molecule has 1 aliphatic rings. The van der Waals surface area contributed by atoms with Crippen molar-refractivity contribution >= 4 is 0 Å². The molecule has 1 aliphatic heterocycles. The lowest BCUT2D eigenvalue weighted by Crippen LogP contribution is -2.22. The van der Waals surface area contributed by atoms with Gasteiger partial charge in [-0.2, -0.15) is 0 Å². The molecule has 0 saturated carbocycles. The number of likely N-dealkylation sites (tertiary alicyclic amines) is 1. The number of rotatable bonds is 8. The van der Waals surface area contributed by atoms with Gasteiger partial charge in [0.05, 0.1) is 6.61 Å². The summed E-state index contributed by atoms with van der Waals surface area (Å²) in [6.07, 6.45) is 3.85. The maximum Gasteiger partial charge on any atom is 0.123 e. The zero-order valence-corrected chi connectivity index (χ0v) is 13.0. The van der Waals surface area contributed by atoms with Gasteiger partial charge in [0.2, 0.25) is 0 Å². The van der Waals surface area contributed by atoms with E-state index in [1.165, 1.54) is 43.6 Å². The predicted molar refractivity (Wildman–Crippen MR) is 84.3 cm³/mol. The molecule has 1 saturated heterocycles. The largest absolute Gasteiger partial charge is 0.493 e. The molecule has 0 radical (unpaired) electrons. The monoisotopic (exact) mass is 276 g/mol. The lowest BCUT2D eigenvalue weighted by atomic mass is 10.1. The van der Waals surface area contributed by atoms with Crippen molar-refractivity contribution in [3.05, 3.63) is 29.3 Å². The third-order valence-corrected chi connectivity index (χ3v) is 3.86. The molecule has 20 heavy (non-hydrogen) atoms. The van der Waals surface area contributed by atoms with Gasteiger partial charge in [0, 0.05) is 18.7 Å². The number of aryl methyl sites for hydroxylation is 1. The van der Waals surface area contributed by atoms with Crippen LogP contribution in [0.5, 0.6) is 5.75 Å². The number of hydrogen-bond donors (Lipinski definition) is 1. The second kappa shape index (κ2) is 8.28. The fourth-order valence-corrected chi connectivity index (χ4v) is 2.72. The van der Waals surface area contributed by atoms with Gasteiger partial charge in [-0.3, -0.25) is 0 Å². The highest BCUT2D eigenvalue weighted by atomic mass is 16.5. The molecular weight excluding hydrogens is 248 g/mol. The summed E-state index contributed by atoms with van der Waals surface area (Å²) in [7, 11) is 0. The Bertz CT molecular complexity index is 400. The van der Waals surface area contributed by atoms with Crippen molar-refractivity contribution in [2.24, 2.45) is 0 Å². The van der Waals surface area contributed by atoms with Gasteiger partial charge in [-0.1, -0.05) is 24.6 Å². The van der Waals surface area contributed by atoms with E-state index in [0.717, 1.165) is 31.9 Å². The molecule has 0 spiro atoms. The fraction of sp³-hybridized carbons (Fsp3) is 0.647. The number of nitrogens with one attached hydrogen (secondary N) is 1. The van der Waals surface area contributed by atoms with E-state index in [4.69, 9.17) is 4.74 Å². The molecule has 3 heteroatoms. The molecule has 0 aromatic heterocycles. The zero-order valence-electron chi connectivity index (χ0n) is 13.0. The van der Waals surface area contributed by atoms with Crippen LogP contribution in [-0.2, 0) is 6.54 Å². The molecule has 0 unspecified atom stereocenters. The highest BCUT2D eigenvalue weighted by Gasteiger charge is 2.10. The molecule has 0 aliphatic carbocycles. The van der Waals surface area contributed by atoms with Gasteiger partial charge in [0.1, 0.15) is 5.75 Å². The summed E-state index contributed by atoms with van der Waals surface area (Å²) in [6, 6.07) is 6.46. The molecule has 1 aromatic carbocycles. The third kappa shape index (κ3) is 4.80. The first kappa shape index (κ1) is 15.3. The van der Waals surface area contributed by atoms with Gasteiger partial charge in [0.25, 0.3) is 0 Å². The summed E-state index contributed by atoms with van der Waals surface area (Å²) in [5.74, 6) is 1.04. The van der Waals surface area contributed by atoms with Gasteiger partial charge in [-0.05, 0) is 51.9 Å². The van der Waals surface area contributed by atoms with Crippen LogP contribution in [0.1, 0.15) is 37.3 Å². The van der Waals surface area contributed by atoms with Crippen molar-refractivity contribution in [2.45, 2.75) is 39.7 Å². The van der Waals surface area contributed by atoms with Crippen molar-refractivity contribution in [1.29, 1.82) is 0 Å². The zero-order chi connectivity index (χ0) is 14.2. The minimum Gasteiger partial charge on any atom is -0.493 e. The molecule has 1 N–H and O–H groups in total. The first-order chi connectivity index (χ1) is 9.79. The SMILES string of the molecule is CCNCc1cc(C)ccc1OCCCN1CCCC1. The smallest absolute Gasteiger partial charge is 0.123 e. The van der Waals surface area contributed by atoms with E-state index in [0.29, 0.717) is 0 Å². The Morgan fingerprint density at radius 2 is 2.05 bits per heavy atom. The van der Waals surface area contributed by atoms with E-state index in [1.54, 1.807) is 0 Å². The summed E-state index contributed by atoms with van der Waals surface area (Å²) in [6.45, 7) is 10.7. The van der Waals surface area contributed by atoms with E-state index in [9.17, 15) is 0 Å². The molecule has 112 valence electrons. The van der Waals surface area contributed by atoms with Crippen LogP contribution in [0.3, 0.4) is 0 Å². The van der Waals surface area contributed by atoms with Crippen molar-refractivity contribution in [3.8, 4) is 5.75 Å². The van der Waals surface area contributed by atoms with E-state index >= 15 is 0 Å². The van der Waals surface area contributed by atoms with Crippen LogP contribution in [0.25, 0.3) is 0 Å². The Morgan fingerprint density at radius 1 is 1.25 bits per heavy atom. The van der Waals surface area contributed by atoms with Crippen molar-refractivity contribution in [3.63, 3.8) is 0 Å². The van der Waals surface area contributed by atoms with Gasteiger partial charge < -0.3 is 15.0 Å². The molecule has 2 rings (SSSR count). The molecular formula is C17H28N2O. The topological polar surface area (TPSA) is 24.5 Å². The highest BCUT2D eigenvalue weighted by molar-refractivity contribution is 5.36. The molecule has 0 bridgehead atoms. The lowest BCUT2D eigenvalue weighted by molar-refractivity contribution is 0.261. The average molecular weight is 276 g/mol. The molecule has 1 aromatic rings. The lowest BCUT2D eigenvalue weighted by Gasteiger charge is -2.16. The van der Waals surface area contributed by atoms with E-state index in [1.807, 2.05) is 0 Å². The molecule has 1 fully saturated rings. The quantitative estimate of drug-likeness (QED) is 0.739. The van der Waals surface area contributed by atoms with Crippen LogP contribution in [0.4, 0.5) is 0 Å². The van der Waals surface area contributed by atoms with Crippen LogP contribution in [-0.4, -0.2) is 37.7 Å². The highest BCUT2D eigenvalue weighted by Crippen LogP contribution is 2.20. The Balaban J connectivity index is 1.78. The van der Waals surface area contributed by atoms with Gasteiger partial charge in [0.15, 0.2) is 0 Å². The van der Waals surface area contributed by atoms with Crippen molar-refractivity contribution in [1.82, 2.24) is 10.2 Å². The summed E-state index contributed by atoms with van der Waals surface area (Å²) < 4.78 is 5.98. The molecule has 0 atom stereocenters. The normalized spacial score (nSPS) is 15.7. The van der Waals surface area contributed by atoms with Gasteiger partial charge in [-0.15, -0.1) is 0 Å². The van der Waals surface area contributed by atoms with Crippen molar-refractivity contribution < 1.29 is 4.74 Å². The van der Waals surface area contributed by atoms with E-state index in [2.05, 4.69) is 42.3 Å². The van der Waals surface area contributed by atoms with Crippen LogP contribution in [0.2, 0.25) is 0 Å². The minimum absolute atomic E-state index is 0.818. The summed E-state index contributed by atoms with van der Waals surface area (Å²) in [4.78, 5) is 2.54. The fourth-order valence-electron chi connectivity index (χ4n) is 2.72. The Kier molecular flexibility index (Phi) is 6.34. The second-order valence-corrected chi connectivity index (χ2v) is 5.64. The first-order valence-electron chi connectivity index (χ1n) is 7.95. The van der Waals surface area contributed by atoms with Crippen molar-refractivity contribution in [2.75, 3.05) is 32.8 Å². The molecule has 0 amide bonds. The van der Waals surface area contributed by atoms with E-state index in [-0.39, 0.29) is 0 Å². The first-order valence-corrected chi connectivity index (χ1v) is 7.95. The Labute approximate surface area is 123 Å². The number of ether oxygens (including phenoxy) is 1. The number of nitrogens with zero attached hydrogens (tertiary/aromatic N) is 1. The molecule has 3 nitrogen and oxygen atoms in total. The van der Waals surface area contributed by atoms with Gasteiger partial charge in [-0.25, -0.2) is 0 Å². The molecule has 1 heterocycles. The van der Waals surface area contributed by atoms with Crippen LogP contribution in [0.15, 0.2) is 18.2 Å². The Morgan fingerprint density at radius 3 is 2.80 bits per heavy atom. The van der Waals surface area contributed by atoms with Crippen LogP contribution in [0, 0.1) is 6.92 Å². The van der Waals surface area contributed by atoms with Crippen LogP contribution >= 0.6 is 0 Å². The summed E-state index contributed by atoms with van der Waals surface area (Å²) in [5, 5.41) is 3.38. The minimum atomic E-state index is 0.818. The summed E-state index contributed by atoms with van der Waals surface area (Å²) >= 11 is 0. The maximum atomic E-state index is 5.98. The van der Waals surface area contributed by atoms with Crippen LogP contribution < -0.4 is 10.1 Å². The standard InChI is InChI=1S/C17H28N2O/c1-3-18-14-16-13-15(2)7-8-17(16)20-12-6-11-19-9-4-5-10-19/h7-8,13,18H,3-6,9-12,14H2,1-2H3. The predicted octanol–water partition coefficient (Wildman–Crippen LogP) is 2.97. The average Bonchev–Trinajstić information content (AvgIpc) is 2.96. The maximum absolute atomic E-state index is 5.98. The summed E-state index contributed by atoms with van der Waals surface area (Å²) in [5.41, 5.74) is 2.57. The Hall–Kier alpha value is -1.06. The van der Waals surface area contributed by atoms with E-state index < -0.39 is 0 Å².